The molecule has 88 valence electrons. The van der Waals surface area contributed by atoms with Crippen molar-refractivity contribution in [1.82, 2.24) is 5.32 Å². The number of hydrogen-bond acceptors (Lipinski definition) is 2. The van der Waals surface area contributed by atoms with Crippen LogP contribution in [0.5, 0.6) is 5.75 Å². The quantitative estimate of drug-likeness (QED) is 0.844. The Hall–Kier alpha value is -1.02. The minimum atomic E-state index is 0.673. The van der Waals surface area contributed by atoms with E-state index in [1.54, 1.807) is 7.11 Å². The number of nitrogens with one attached hydrogen (secondary N) is 1. The number of hydrogen-bond donors (Lipinski definition) is 1. The highest BCUT2D eigenvalue weighted by atomic mass is 16.5. The Balaban J connectivity index is 2.12. The summed E-state index contributed by atoms with van der Waals surface area (Å²) < 4.78 is 5.19. The second-order valence-corrected chi connectivity index (χ2v) is 4.71. The van der Waals surface area contributed by atoms with Crippen LogP contribution in [0.15, 0.2) is 24.3 Å². The first-order valence-electron chi connectivity index (χ1n) is 6.07. The lowest BCUT2D eigenvalue weighted by Crippen LogP contribution is -2.28. The van der Waals surface area contributed by atoms with Crippen LogP contribution in [0.3, 0.4) is 0 Å². The summed E-state index contributed by atoms with van der Waals surface area (Å²) in [7, 11) is 3.78. The third-order valence-corrected chi connectivity index (χ3v) is 3.97. The van der Waals surface area contributed by atoms with Crippen molar-refractivity contribution >= 4 is 0 Å². The van der Waals surface area contributed by atoms with Gasteiger partial charge >= 0.3 is 0 Å². The number of methoxy groups -OCH3 is 1. The summed E-state index contributed by atoms with van der Waals surface area (Å²) in [5.41, 5.74) is 1.45. The third-order valence-electron chi connectivity index (χ3n) is 3.97. The average molecular weight is 219 g/mol. The van der Waals surface area contributed by atoms with Gasteiger partial charge in [0.05, 0.1) is 7.11 Å². The highest BCUT2D eigenvalue weighted by molar-refractivity contribution is 5.30. The molecule has 0 aromatic heterocycles. The van der Waals surface area contributed by atoms with E-state index in [1.807, 2.05) is 0 Å². The van der Waals surface area contributed by atoms with Crippen molar-refractivity contribution < 1.29 is 4.74 Å². The van der Waals surface area contributed by atoms with Crippen LogP contribution < -0.4 is 10.1 Å². The van der Waals surface area contributed by atoms with E-state index in [-0.39, 0.29) is 0 Å². The van der Waals surface area contributed by atoms with Crippen LogP contribution in [0.4, 0.5) is 0 Å². The summed E-state index contributed by atoms with van der Waals surface area (Å²) in [5.74, 6) is 2.36. The highest BCUT2D eigenvalue weighted by Crippen LogP contribution is 2.39. The van der Waals surface area contributed by atoms with Crippen molar-refractivity contribution in [2.24, 2.45) is 5.92 Å². The molecule has 2 nitrogen and oxygen atoms in total. The summed E-state index contributed by atoms with van der Waals surface area (Å²) in [6, 6.07) is 9.21. The van der Waals surface area contributed by atoms with Gasteiger partial charge in [0.25, 0.3) is 0 Å². The fraction of sp³-hybridized carbons (Fsp3) is 0.571. The van der Waals surface area contributed by atoms with E-state index >= 15 is 0 Å². The smallest absolute Gasteiger partial charge is 0.118 e. The first kappa shape index (κ1) is 11.5. The van der Waals surface area contributed by atoms with Crippen LogP contribution in [0.1, 0.15) is 31.2 Å². The maximum Gasteiger partial charge on any atom is 0.118 e. The Morgan fingerprint density at radius 2 is 1.88 bits per heavy atom. The normalized spacial score (nSPS) is 29.3. The van der Waals surface area contributed by atoms with Gasteiger partial charge in [-0.2, -0.15) is 0 Å². The van der Waals surface area contributed by atoms with Crippen molar-refractivity contribution in [2.75, 3.05) is 14.2 Å². The van der Waals surface area contributed by atoms with Crippen LogP contribution in [0.25, 0.3) is 0 Å². The average Bonchev–Trinajstić information content (AvgIpc) is 2.70. The van der Waals surface area contributed by atoms with Gasteiger partial charge < -0.3 is 10.1 Å². The van der Waals surface area contributed by atoms with E-state index in [1.165, 1.54) is 18.4 Å². The molecule has 1 N–H and O–H groups in total. The van der Waals surface area contributed by atoms with E-state index in [4.69, 9.17) is 4.74 Å². The largest absolute Gasteiger partial charge is 0.497 e. The van der Waals surface area contributed by atoms with Crippen LogP contribution >= 0.6 is 0 Å². The van der Waals surface area contributed by atoms with Crippen molar-refractivity contribution in [3.63, 3.8) is 0 Å². The minimum absolute atomic E-state index is 0.673. The number of rotatable bonds is 3. The molecule has 0 saturated heterocycles. The summed E-state index contributed by atoms with van der Waals surface area (Å²) in [6.07, 6.45) is 2.58. The summed E-state index contributed by atoms with van der Waals surface area (Å²) in [6.45, 7) is 2.35. The molecule has 1 aliphatic rings. The number of benzene rings is 1. The lowest BCUT2D eigenvalue weighted by molar-refractivity contribution is 0.412. The zero-order valence-corrected chi connectivity index (χ0v) is 10.4. The van der Waals surface area contributed by atoms with Gasteiger partial charge in [0, 0.05) is 6.04 Å². The summed E-state index contributed by atoms with van der Waals surface area (Å²) in [5, 5.41) is 3.41. The first-order valence-corrected chi connectivity index (χ1v) is 6.07. The van der Waals surface area contributed by atoms with Gasteiger partial charge in [-0.3, -0.25) is 0 Å². The van der Waals surface area contributed by atoms with E-state index in [0.717, 1.165) is 11.7 Å². The molecule has 0 heterocycles. The van der Waals surface area contributed by atoms with E-state index in [9.17, 15) is 0 Å². The lowest BCUT2D eigenvalue weighted by atomic mass is 9.89. The van der Waals surface area contributed by atoms with Gasteiger partial charge in [0.1, 0.15) is 5.75 Å². The third kappa shape index (κ3) is 2.07. The van der Waals surface area contributed by atoms with Gasteiger partial charge in [-0.15, -0.1) is 0 Å². The molecule has 0 radical (unpaired) electrons. The van der Waals surface area contributed by atoms with Gasteiger partial charge in [-0.05, 0) is 49.4 Å². The molecular weight excluding hydrogens is 198 g/mol. The predicted molar refractivity (Wildman–Crippen MR) is 67.0 cm³/mol. The first-order chi connectivity index (χ1) is 7.76. The molecule has 2 heteroatoms. The maximum atomic E-state index is 5.19. The molecule has 1 aromatic rings. The Kier molecular flexibility index (Phi) is 3.49. The maximum absolute atomic E-state index is 5.19. The summed E-state index contributed by atoms with van der Waals surface area (Å²) in [4.78, 5) is 0. The van der Waals surface area contributed by atoms with Gasteiger partial charge in [-0.1, -0.05) is 19.1 Å². The van der Waals surface area contributed by atoms with Crippen molar-refractivity contribution in [1.29, 1.82) is 0 Å². The molecule has 3 unspecified atom stereocenters. The fourth-order valence-electron chi connectivity index (χ4n) is 2.89. The van der Waals surface area contributed by atoms with Crippen LogP contribution in [0, 0.1) is 5.92 Å². The summed E-state index contributed by atoms with van der Waals surface area (Å²) >= 11 is 0. The molecule has 1 aromatic carbocycles. The van der Waals surface area contributed by atoms with Crippen molar-refractivity contribution in [2.45, 2.75) is 31.7 Å². The van der Waals surface area contributed by atoms with Crippen LogP contribution in [-0.4, -0.2) is 20.2 Å². The molecule has 16 heavy (non-hydrogen) atoms. The Morgan fingerprint density at radius 1 is 1.19 bits per heavy atom. The minimum Gasteiger partial charge on any atom is -0.497 e. The molecule has 0 bridgehead atoms. The monoisotopic (exact) mass is 219 g/mol. The molecule has 0 spiro atoms. The van der Waals surface area contributed by atoms with Crippen molar-refractivity contribution in [3.05, 3.63) is 29.8 Å². The molecular formula is C14H21NO. The van der Waals surface area contributed by atoms with Crippen molar-refractivity contribution in [3.8, 4) is 5.75 Å². The topological polar surface area (TPSA) is 21.3 Å². The molecule has 0 aliphatic heterocycles. The van der Waals surface area contributed by atoms with Crippen LogP contribution in [-0.2, 0) is 0 Å². The van der Waals surface area contributed by atoms with E-state index in [2.05, 4.69) is 43.6 Å². The molecule has 1 aliphatic carbocycles. The second-order valence-electron chi connectivity index (χ2n) is 4.71. The zero-order valence-electron chi connectivity index (χ0n) is 10.4. The second kappa shape index (κ2) is 4.88. The molecule has 0 amide bonds. The predicted octanol–water partition coefficient (Wildman–Crippen LogP) is 2.80. The molecule has 1 fully saturated rings. The standard InChI is InChI=1S/C14H21NO/c1-10-13(8-9-14(10)15-2)11-4-6-12(16-3)7-5-11/h4-7,10,13-15H,8-9H2,1-3H3. The highest BCUT2D eigenvalue weighted by Gasteiger charge is 2.32. The Morgan fingerprint density at radius 3 is 2.38 bits per heavy atom. The lowest BCUT2D eigenvalue weighted by Gasteiger charge is -2.20. The zero-order chi connectivity index (χ0) is 11.5. The molecule has 3 atom stereocenters. The molecule has 2 rings (SSSR count). The van der Waals surface area contributed by atoms with Gasteiger partial charge in [0.2, 0.25) is 0 Å². The van der Waals surface area contributed by atoms with Gasteiger partial charge in [0.15, 0.2) is 0 Å². The fourth-order valence-corrected chi connectivity index (χ4v) is 2.89. The molecule has 1 saturated carbocycles. The Labute approximate surface area is 98.0 Å². The van der Waals surface area contributed by atoms with Crippen LogP contribution in [0.2, 0.25) is 0 Å². The van der Waals surface area contributed by atoms with E-state index in [0.29, 0.717) is 12.0 Å². The Bertz CT molecular complexity index is 333. The van der Waals surface area contributed by atoms with E-state index < -0.39 is 0 Å². The van der Waals surface area contributed by atoms with Gasteiger partial charge in [-0.25, -0.2) is 0 Å². The SMILES string of the molecule is CNC1CCC(c2ccc(OC)cc2)C1C. The number of ether oxygens (including phenoxy) is 1.